The van der Waals surface area contributed by atoms with E-state index in [1.54, 1.807) is 0 Å². The Labute approximate surface area is 217 Å². The summed E-state index contributed by atoms with van der Waals surface area (Å²) in [6, 6.07) is 0. The molecule has 0 aromatic heterocycles. The highest BCUT2D eigenvalue weighted by atomic mass is 16.7. The lowest BCUT2D eigenvalue weighted by Crippen LogP contribution is -2.35. The summed E-state index contributed by atoms with van der Waals surface area (Å²) in [6.07, 6.45) is 21.9. The van der Waals surface area contributed by atoms with Gasteiger partial charge in [0.25, 0.3) is 11.8 Å². The van der Waals surface area contributed by atoms with Gasteiger partial charge in [0.05, 0.1) is 0 Å². The Morgan fingerprint density at radius 1 is 0.722 bits per heavy atom. The van der Waals surface area contributed by atoms with E-state index in [1.807, 2.05) is 0 Å². The van der Waals surface area contributed by atoms with Gasteiger partial charge < -0.3 is 10.9 Å². The second-order valence-electron chi connectivity index (χ2n) is 9.21. The van der Waals surface area contributed by atoms with Crippen molar-refractivity contribution in [3.05, 3.63) is 12.2 Å². The SMILES string of the molecule is CCCCCCCCCCCCCCCCCC(=O)OCCONC(=O)CCN1C(=O)C=CC1=O.N. The molecular formula is C27H49N3O6. The minimum absolute atomic E-state index is 0. The molecular weight excluding hydrogens is 462 g/mol. The standard InChI is InChI=1S/C27H46N2O6.H3N/c1-2-3-4-5-6-7-8-9-10-11-12-13-14-15-16-17-27(33)34-22-23-35-28-24(30)20-21-29-25(31)18-19-26(29)32;/h18-19H,2-17,20-23H2,1H3,(H,28,30);1H3. The van der Waals surface area contributed by atoms with E-state index in [0.717, 1.165) is 24.2 Å². The van der Waals surface area contributed by atoms with E-state index in [0.29, 0.717) is 6.42 Å². The van der Waals surface area contributed by atoms with Crippen LogP contribution in [0.15, 0.2) is 12.2 Å². The van der Waals surface area contributed by atoms with Gasteiger partial charge in [-0.05, 0) is 6.42 Å². The Balaban J connectivity index is 0.0000122. The molecule has 0 saturated heterocycles. The van der Waals surface area contributed by atoms with Crippen LogP contribution in [0, 0.1) is 0 Å². The van der Waals surface area contributed by atoms with Crippen molar-refractivity contribution in [2.75, 3.05) is 19.8 Å². The van der Waals surface area contributed by atoms with Crippen LogP contribution >= 0.6 is 0 Å². The van der Waals surface area contributed by atoms with Crippen LogP contribution in [0.2, 0.25) is 0 Å². The number of hydrogen-bond acceptors (Lipinski definition) is 7. The van der Waals surface area contributed by atoms with E-state index < -0.39 is 17.7 Å². The molecule has 1 heterocycles. The Morgan fingerprint density at radius 2 is 1.19 bits per heavy atom. The zero-order valence-electron chi connectivity index (χ0n) is 22.4. The number of carbonyl (C=O) groups excluding carboxylic acids is 4. The van der Waals surface area contributed by atoms with Crippen LogP contribution < -0.4 is 11.6 Å². The van der Waals surface area contributed by atoms with Crippen LogP contribution in [-0.2, 0) is 28.8 Å². The van der Waals surface area contributed by atoms with Gasteiger partial charge in [0.1, 0.15) is 13.2 Å². The van der Waals surface area contributed by atoms with E-state index in [2.05, 4.69) is 12.4 Å². The van der Waals surface area contributed by atoms with Crippen molar-refractivity contribution in [2.45, 2.75) is 116 Å². The molecule has 9 heteroatoms. The number of hydrogen-bond donors (Lipinski definition) is 2. The number of nitrogens with one attached hydrogen (secondary N) is 1. The molecule has 0 spiro atoms. The number of imide groups is 1. The number of carbonyl (C=O) groups is 4. The molecule has 36 heavy (non-hydrogen) atoms. The molecule has 0 fully saturated rings. The van der Waals surface area contributed by atoms with E-state index >= 15 is 0 Å². The van der Waals surface area contributed by atoms with E-state index in [4.69, 9.17) is 9.57 Å². The van der Waals surface area contributed by atoms with Crippen LogP contribution in [0.3, 0.4) is 0 Å². The maximum atomic E-state index is 11.7. The van der Waals surface area contributed by atoms with E-state index in [-0.39, 0.29) is 38.3 Å². The zero-order chi connectivity index (χ0) is 25.6. The summed E-state index contributed by atoms with van der Waals surface area (Å²) in [5.41, 5.74) is 2.21. The summed E-state index contributed by atoms with van der Waals surface area (Å²) < 4.78 is 5.09. The molecule has 3 amide bonds. The van der Waals surface area contributed by atoms with Crippen LogP contribution in [0.25, 0.3) is 0 Å². The normalized spacial score (nSPS) is 12.6. The third kappa shape index (κ3) is 18.1. The van der Waals surface area contributed by atoms with Gasteiger partial charge in [-0.1, -0.05) is 96.8 Å². The first-order valence-electron chi connectivity index (χ1n) is 13.6. The topological polar surface area (TPSA) is 137 Å². The largest absolute Gasteiger partial charge is 0.463 e. The third-order valence-electron chi connectivity index (χ3n) is 6.08. The van der Waals surface area contributed by atoms with Crippen LogP contribution in [0.4, 0.5) is 0 Å². The molecule has 208 valence electrons. The summed E-state index contributed by atoms with van der Waals surface area (Å²) in [7, 11) is 0. The predicted octanol–water partition coefficient (Wildman–Crippen LogP) is 5.32. The third-order valence-corrected chi connectivity index (χ3v) is 6.08. The Bertz CT molecular complexity index is 635. The number of hydroxylamine groups is 1. The summed E-state index contributed by atoms with van der Waals surface area (Å²) in [4.78, 5) is 52.1. The van der Waals surface area contributed by atoms with Gasteiger partial charge in [0.15, 0.2) is 0 Å². The van der Waals surface area contributed by atoms with Crippen molar-refractivity contribution in [3.63, 3.8) is 0 Å². The molecule has 0 unspecified atom stereocenters. The van der Waals surface area contributed by atoms with Crippen molar-refractivity contribution >= 4 is 23.7 Å². The highest BCUT2D eigenvalue weighted by Crippen LogP contribution is 2.13. The van der Waals surface area contributed by atoms with Crippen molar-refractivity contribution in [2.24, 2.45) is 0 Å². The fourth-order valence-electron chi connectivity index (χ4n) is 3.96. The average Bonchev–Trinajstić information content (AvgIpc) is 3.16. The maximum absolute atomic E-state index is 11.7. The van der Waals surface area contributed by atoms with Gasteiger partial charge >= 0.3 is 5.97 Å². The second kappa shape index (κ2) is 23.2. The molecule has 1 rings (SSSR count). The number of nitrogens with zero attached hydrogens (tertiary/aromatic N) is 1. The lowest BCUT2D eigenvalue weighted by Gasteiger charge is -2.13. The molecule has 0 atom stereocenters. The molecule has 0 aliphatic carbocycles. The van der Waals surface area contributed by atoms with Gasteiger partial charge in [-0.3, -0.25) is 28.9 Å². The van der Waals surface area contributed by atoms with E-state index in [9.17, 15) is 19.2 Å². The molecule has 9 nitrogen and oxygen atoms in total. The Hall–Kier alpha value is -2.26. The fraction of sp³-hybridized carbons (Fsp3) is 0.778. The molecule has 0 aromatic carbocycles. The molecule has 1 aliphatic rings. The van der Waals surface area contributed by atoms with Gasteiger partial charge in [0, 0.05) is 31.5 Å². The minimum atomic E-state index is -0.457. The summed E-state index contributed by atoms with van der Waals surface area (Å²) in [6.45, 7) is 2.35. The molecule has 4 N–H and O–H groups in total. The molecule has 0 aromatic rings. The number of unbranched alkanes of at least 4 members (excludes halogenated alkanes) is 14. The zero-order valence-corrected chi connectivity index (χ0v) is 22.4. The summed E-state index contributed by atoms with van der Waals surface area (Å²) in [5.74, 6) is -1.57. The summed E-state index contributed by atoms with van der Waals surface area (Å²) >= 11 is 0. The highest BCUT2D eigenvalue weighted by Gasteiger charge is 2.23. The molecule has 0 bridgehead atoms. The molecule has 0 saturated carbocycles. The first-order chi connectivity index (χ1) is 17.0. The fourth-order valence-corrected chi connectivity index (χ4v) is 3.96. The van der Waals surface area contributed by atoms with Gasteiger partial charge in [-0.15, -0.1) is 0 Å². The van der Waals surface area contributed by atoms with Crippen molar-refractivity contribution < 1.29 is 28.8 Å². The van der Waals surface area contributed by atoms with Crippen molar-refractivity contribution in [1.29, 1.82) is 0 Å². The number of esters is 1. The van der Waals surface area contributed by atoms with Crippen molar-refractivity contribution in [1.82, 2.24) is 16.5 Å². The van der Waals surface area contributed by atoms with Crippen LogP contribution in [0.5, 0.6) is 0 Å². The lowest BCUT2D eigenvalue weighted by molar-refractivity contribution is -0.147. The highest BCUT2D eigenvalue weighted by molar-refractivity contribution is 6.13. The number of rotatable bonds is 23. The average molecular weight is 512 g/mol. The second-order valence-corrected chi connectivity index (χ2v) is 9.21. The maximum Gasteiger partial charge on any atom is 0.305 e. The first kappa shape index (κ1) is 33.7. The summed E-state index contributed by atoms with van der Waals surface area (Å²) in [5, 5.41) is 0. The molecule has 0 radical (unpaired) electrons. The van der Waals surface area contributed by atoms with Crippen LogP contribution in [-0.4, -0.2) is 48.3 Å². The monoisotopic (exact) mass is 511 g/mol. The Morgan fingerprint density at radius 3 is 1.69 bits per heavy atom. The molecule has 1 aliphatic heterocycles. The quantitative estimate of drug-likeness (QED) is 0.0820. The van der Waals surface area contributed by atoms with E-state index in [1.165, 1.54) is 89.2 Å². The lowest BCUT2D eigenvalue weighted by atomic mass is 10.0. The first-order valence-corrected chi connectivity index (χ1v) is 13.6. The van der Waals surface area contributed by atoms with Gasteiger partial charge in [-0.2, -0.15) is 0 Å². The number of ether oxygens (including phenoxy) is 1. The van der Waals surface area contributed by atoms with Gasteiger partial charge in [0.2, 0.25) is 5.91 Å². The van der Waals surface area contributed by atoms with Crippen molar-refractivity contribution in [3.8, 4) is 0 Å². The smallest absolute Gasteiger partial charge is 0.305 e. The minimum Gasteiger partial charge on any atom is -0.463 e. The van der Waals surface area contributed by atoms with Crippen LogP contribution in [0.1, 0.15) is 116 Å². The number of amides is 3. The Kier molecular flexibility index (Phi) is 21.7. The van der Waals surface area contributed by atoms with Gasteiger partial charge in [-0.25, -0.2) is 5.48 Å². The predicted molar refractivity (Wildman–Crippen MR) is 140 cm³/mol.